The Hall–Kier alpha value is -0.300. The number of nitrogens with zero attached hydrogens (tertiary/aromatic N) is 1. The number of nitrogens with one attached hydrogen (secondary N) is 1. The van der Waals surface area contributed by atoms with Crippen molar-refractivity contribution in [2.45, 2.75) is 5.33 Å². The summed E-state index contributed by atoms with van der Waals surface area (Å²) < 4.78 is 1.18. The molecule has 0 aliphatic carbocycles. The lowest BCUT2D eigenvalue weighted by atomic mass is 10.2. The first-order chi connectivity index (χ1) is 6.20. The van der Waals surface area contributed by atoms with Crippen molar-refractivity contribution in [2.24, 2.45) is 0 Å². The SMILES string of the molecule is Nc1nc2c(CBr)cc(I)cc2[nH]1. The predicted octanol–water partition coefficient (Wildman–Crippen LogP) is 2.64. The van der Waals surface area contributed by atoms with Crippen molar-refractivity contribution in [1.82, 2.24) is 9.97 Å². The standard InChI is InChI=1S/C8H7BrIN3/c9-3-4-1-5(10)2-6-7(4)13-8(11)12-6/h1-2H,3H2,(H3,11,12,13). The van der Waals surface area contributed by atoms with Crippen molar-refractivity contribution < 1.29 is 0 Å². The number of hydrogen-bond donors (Lipinski definition) is 2. The van der Waals surface area contributed by atoms with Gasteiger partial charge in [-0.05, 0) is 40.3 Å². The lowest BCUT2D eigenvalue weighted by Gasteiger charge is -1.97. The van der Waals surface area contributed by atoms with Gasteiger partial charge in [-0.3, -0.25) is 0 Å². The van der Waals surface area contributed by atoms with Gasteiger partial charge in [-0.2, -0.15) is 0 Å². The number of H-pyrrole nitrogens is 1. The highest BCUT2D eigenvalue weighted by Gasteiger charge is 2.06. The molecule has 0 bridgehead atoms. The second-order valence-electron chi connectivity index (χ2n) is 2.72. The minimum Gasteiger partial charge on any atom is -0.369 e. The predicted molar refractivity (Wildman–Crippen MR) is 65.9 cm³/mol. The molecule has 0 fully saturated rings. The van der Waals surface area contributed by atoms with Gasteiger partial charge in [0.25, 0.3) is 0 Å². The second-order valence-corrected chi connectivity index (χ2v) is 4.52. The summed E-state index contributed by atoms with van der Waals surface area (Å²) in [4.78, 5) is 7.23. The highest BCUT2D eigenvalue weighted by Crippen LogP contribution is 2.22. The van der Waals surface area contributed by atoms with E-state index in [1.165, 1.54) is 3.57 Å². The van der Waals surface area contributed by atoms with E-state index >= 15 is 0 Å². The van der Waals surface area contributed by atoms with Crippen LogP contribution >= 0.6 is 38.5 Å². The zero-order chi connectivity index (χ0) is 9.42. The fraction of sp³-hybridized carbons (Fsp3) is 0.125. The Morgan fingerprint density at radius 2 is 2.31 bits per heavy atom. The zero-order valence-corrected chi connectivity index (χ0v) is 10.4. The van der Waals surface area contributed by atoms with E-state index in [0.29, 0.717) is 5.95 Å². The Morgan fingerprint density at radius 3 is 3.00 bits per heavy atom. The van der Waals surface area contributed by atoms with Crippen molar-refractivity contribution >= 4 is 55.5 Å². The number of nitrogens with two attached hydrogens (primary N) is 1. The number of alkyl halides is 1. The first-order valence-electron chi connectivity index (χ1n) is 3.70. The van der Waals surface area contributed by atoms with Gasteiger partial charge < -0.3 is 10.7 Å². The third-order valence-corrected chi connectivity index (χ3v) is 3.02. The topological polar surface area (TPSA) is 54.7 Å². The van der Waals surface area contributed by atoms with Crippen LogP contribution in [0.5, 0.6) is 0 Å². The van der Waals surface area contributed by atoms with Gasteiger partial charge in [-0.1, -0.05) is 15.9 Å². The van der Waals surface area contributed by atoms with E-state index in [4.69, 9.17) is 5.73 Å². The van der Waals surface area contributed by atoms with E-state index in [1.807, 2.05) is 6.07 Å². The van der Waals surface area contributed by atoms with Crippen LogP contribution in [-0.2, 0) is 5.33 Å². The van der Waals surface area contributed by atoms with Crippen molar-refractivity contribution in [3.8, 4) is 0 Å². The van der Waals surface area contributed by atoms with Gasteiger partial charge in [0.2, 0.25) is 0 Å². The van der Waals surface area contributed by atoms with Crippen LogP contribution in [0.2, 0.25) is 0 Å². The van der Waals surface area contributed by atoms with Gasteiger partial charge in [0.15, 0.2) is 5.95 Å². The number of hydrogen-bond acceptors (Lipinski definition) is 2. The minimum atomic E-state index is 0.471. The number of benzene rings is 1. The van der Waals surface area contributed by atoms with Crippen LogP contribution in [0.3, 0.4) is 0 Å². The molecule has 0 aliphatic heterocycles. The van der Waals surface area contributed by atoms with E-state index in [-0.39, 0.29) is 0 Å². The molecule has 0 unspecified atom stereocenters. The molecule has 0 saturated heterocycles. The minimum absolute atomic E-state index is 0.471. The fourth-order valence-electron chi connectivity index (χ4n) is 1.27. The lowest BCUT2D eigenvalue weighted by Crippen LogP contribution is -1.85. The maximum absolute atomic E-state index is 5.58. The Balaban J connectivity index is 2.80. The molecule has 2 rings (SSSR count). The maximum Gasteiger partial charge on any atom is 0.198 e. The quantitative estimate of drug-likeness (QED) is 0.613. The summed E-state index contributed by atoms with van der Waals surface area (Å²) in [5.74, 6) is 0.471. The van der Waals surface area contributed by atoms with Crippen LogP contribution in [0.4, 0.5) is 5.95 Å². The van der Waals surface area contributed by atoms with Crippen molar-refractivity contribution in [1.29, 1.82) is 0 Å². The maximum atomic E-state index is 5.58. The molecular formula is C8H7BrIN3. The molecule has 1 aromatic heterocycles. The Labute approximate surface area is 97.4 Å². The molecule has 0 spiro atoms. The summed E-state index contributed by atoms with van der Waals surface area (Å²) >= 11 is 5.70. The Kier molecular flexibility index (Phi) is 2.46. The molecule has 0 atom stereocenters. The summed E-state index contributed by atoms with van der Waals surface area (Å²) in [6.45, 7) is 0. The first-order valence-corrected chi connectivity index (χ1v) is 5.90. The third kappa shape index (κ3) is 1.67. The molecule has 5 heteroatoms. The van der Waals surface area contributed by atoms with Crippen LogP contribution in [0.25, 0.3) is 11.0 Å². The highest BCUT2D eigenvalue weighted by molar-refractivity contribution is 14.1. The van der Waals surface area contributed by atoms with Crippen molar-refractivity contribution in [2.75, 3.05) is 5.73 Å². The summed E-state index contributed by atoms with van der Waals surface area (Å²) in [5.41, 5.74) is 8.69. The molecular weight excluding hydrogens is 345 g/mol. The number of fused-ring (bicyclic) bond motifs is 1. The summed E-state index contributed by atoms with van der Waals surface area (Å²) in [6.07, 6.45) is 0. The molecule has 0 radical (unpaired) electrons. The number of anilines is 1. The Bertz CT molecular complexity index is 452. The molecule has 1 heterocycles. The van der Waals surface area contributed by atoms with Crippen molar-refractivity contribution in [3.63, 3.8) is 0 Å². The van der Waals surface area contributed by atoms with Gasteiger partial charge in [-0.15, -0.1) is 0 Å². The zero-order valence-electron chi connectivity index (χ0n) is 6.64. The average Bonchev–Trinajstić information content (AvgIpc) is 2.43. The second kappa shape index (κ2) is 3.45. The number of aromatic nitrogens is 2. The monoisotopic (exact) mass is 351 g/mol. The van der Waals surface area contributed by atoms with Crippen LogP contribution in [0.15, 0.2) is 12.1 Å². The van der Waals surface area contributed by atoms with Gasteiger partial charge >= 0.3 is 0 Å². The smallest absolute Gasteiger partial charge is 0.198 e. The van der Waals surface area contributed by atoms with Crippen LogP contribution in [0.1, 0.15) is 5.56 Å². The molecule has 13 heavy (non-hydrogen) atoms. The van der Waals surface area contributed by atoms with E-state index in [2.05, 4.69) is 54.6 Å². The van der Waals surface area contributed by atoms with Gasteiger partial charge in [0.05, 0.1) is 11.0 Å². The number of halogens is 2. The summed E-state index contributed by atoms with van der Waals surface area (Å²) in [7, 11) is 0. The number of rotatable bonds is 1. The largest absolute Gasteiger partial charge is 0.369 e. The third-order valence-electron chi connectivity index (χ3n) is 1.79. The van der Waals surface area contributed by atoms with E-state index in [0.717, 1.165) is 21.9 Å². The molecule has 0 amide bonds. The normalized spacial score (nSPS) is 10.9. The van der Waals surface area contributed by atoms with E-state index in [9.17, 15) is 0 Å². The number of imidazole rings is 1. The first kappa shape index (κ1) is 9.26. The molecule has 3 N–H and O–H groups in total. The van der Waals surface area contributed by atoms with Gasteiger partial charge in [0.1, 0.15) is 0 Å². The average molecular weight is 352 g/mol. The highest BCUT2D eigenvalue weighted by atomic mass is 127. The molecule has 1 aromatic carbocycles. The number of aromatic amines is 1. The van der Waals surface area contributed by atoms with E-state index < -0.39 is 0 Å². The van der Waals surface area contributed by atoms with Gasteiger partial charge in [-0.25, -0.2) is 4.98 Å². The van der Waals surface area contributed by atoms with Crippen LogP contribution < -0.4 is 5.73 Å². The summed E-state index contributed by atoms with van der Waals surface area (Å²) in [6, 6.07) is 4.13. The molecule has 0 aliphatic rings. The molecule has 0 saturated carbocycles. The lowest BCUT2D eigenvalue weighted by molar-refractivity contribution is 1.34. The number of nitrogen functional groups attached to an aromatic ring is 1. The van der Waals surface area contributed by atoms with Crippen LogP contribution in [0, 0.1) is 3.57 Å². The molecule has 68 valence electrons. The van der Waals surface area contributed by atoms with Gasteiger partial charge in [0, 0.05) is 8.90 Å². The molecule has 3 nitrogen and oxygen atoms in total. The summed E-state index contributed by atoms with van der Waals surface area (Å²) in [5, 5.41) is 0.796. The molecule has 2 aromatic rings. The van der Waals surface area contributed by atoms with Crippen LogP contribution in [-0.4, -0.2) is 9.97 Å². The fourth-order valence-corrected chi connectivity index (χ4v) is 2.39. The van der Waals surface area contributed by atoms with Crippen molar-refractivity contribution in [3.05, 3.63) is 21.3 Å². The van der Waals surface area contributed by atoms with E-state index in [1.54, 1.807) is 0 Å². The Morgan fingerprint density at radius 1 is 1.54 bits per heavy atom.